The molecule has 3 N–H and O–H groups in total. The minimum absolute atomic E-state index is 0. The van der Waals surface area contributed by atoms with E-state index in [1.807, 2.05) is 0 Å². The van der Waals surface area contributed by atoms with Crippen LogP contribution in [0.2, 0.25) is 0 Å². The summed E-state index contributed by atoms with van der Waals surface area (Å²) >= 11 is 0. The van der Waals surface area contributed by atoms with Gasteiger partial charge < -0.3 is 5.48 Å². The third kappa shape index (κ3) is 23.9. The van der Waals surface area contributed by atoms with E-state index in [1.54, 1.807) is 0 Å². The van der Waals surface area contributed by atoms with Crippen LogP contribution in [0.3, 0.4) is 0 Å². The van der Waals surface area contributed by atoms with E-state index in [9.17, 15) is 8.42 Å². The maximum absolute atomic E-state index is 10.2. The Hall–Kier alpha value is 0.453. The zero-order valence-electron chi connectivity index (χ0n) is 12.1. The van der Waals surface area contributed by atoms with Crippen molar-refractivity contribution in [2.75, 3.05) is 6.61 Å². The molecule has 0 aliphatic rings. The van der Waals surface area contributed by atoms with Gasteiger partial charge in [0.15, 0.2) is 0 Å². The van der Waals surface area contributed by atoms with Gasteiger partial charge in [0.25, 0.3) is 0 Å². The summed E-state index contributed by atoms with van der Waals surface area (Å²) in [6, 6.07) is 0. The molecule has 0 atom stereocenters. The van der Waals surface area contributed by atoms with Crippen molar-refractivity contribution in [2.45, 2.75) is 71.1 Å². The van der Waals surface area contributed by atoms with Crippen LogP contribution < -0.4 is 0 Å². The fourth-order valence-electron chi connectivity index (χ4n) is 1.75. The summed E-state index contributed by atoms with van der Waals surface area (Å²) in [5, 5.41) is 0. The van der Waals surface area contributed by atoms with E-state index in [-0.39, 0.29) is 31.6 Å². The summed E-state index contributed by atoms with van der Waals surface area (Å²) < 4.78 is 33.0. The van der Waals surface area contributed by atoms with Crippen molar-refractivity contribution < 1.29 is 42.1 Å². The number of rotatable bonds is 12. The number of unbranched alkanes of at least 4 members (excludes halogenated alkanes) is 9. The molecule has 0 amide bonds. The second-order valence-corrected chi connectivity index (χ2v) is 5.52. The van der Waals surface area contributed by atoms with Crippen LogP contribution in [0.5, 0.6) is 0 Å². The van der Waals surface area contributed by atoms with E-state index in [4.69, 9.17) is 4.55 Å². The van der Waals surface area contributed by atoms with Crippen LogP contribution in [0.25, 0.3) is 0 Å². The summed E-state index contributed by atoms with van der Waals surface area (Å²) in [5.41, 5.74) is 0. The molecule has 0 saturated heterocycles. The van der Waals surface area contributed by atoms with Crippen molar-refractivity contribution >= 4 is 10.4 Å². The van der Waals surface area contributed by atoms with Gasteiger partial charge in [-0.15, -0.1) is 0 Å². The maximum Gasteiger partial charge on any atom is 0.397 e. The molecular weight excluding hydrogens is 322 g/mol. The third-order valence-corrected chi connectivity index (χ3v) is 3.19. The maximum atomic E-state index is 10.2. The summed E-state index contributed by atoms with van der Waals surface area (Å²) in [6.45, 7) is 2.31. The van der Waals surface area contributed by atoms with Crippen LogP contribution in [0.1, 0.15) is 71.1 Å². The third-order valence-electron chi connectivity index (χ3n) is 2.73. The fourth-order valence-corrected chi connectivity index (χ4v) is 2.08. The van der Waals surface area contributed by atoms with Crippen LogP contribution >= 0.6 is 0 Å². The van der Waals surface area contributed by atoms with Gasteiger partial charge in [-0.2, -0.15) is 8.42 Å². The quantitative estimate of drug-likeness (QED) is 0.333. The van der Waals surface area contributed by atoms with E-state index in [2.05, 4.69) is 11.1 Å². The van der Waals surface area contributed by atoms with Crippen LogP contribution in [0.15, 0.2) is 0 Å². The first-order valence-electron chi connectivity index (χ1n) is 6.68. The van der Waals surface area contributed by atoms with Crippen molar-refractivity contribution in [3.05, 3.63) is 0 Å². The van der Waals surface area contributed by atoms with E-state index in [0.29, 0.717) is 6.42 Å². The molecule has 0 saturated carbocycles. The Labute approximate surface area is 130 Å². The van der Waals surface area contributed by atoms with Crippen LogP contribution in [-0.4, -0.2) is 25.1 Å². The number of hydrogen-bond acceptors (Lipinski definition) is 3. The SMILES string of the molecule is CCCCCCCCCCCCOS(=O)(=O)O.O.[Zn]. The minimum atomic E-state index is -4.23. The van der Waals surface area contributed by atoms with Gasteiger partial charge in [-0.05, 0) is 6.42 Å². The summed E-state index contributed by atoms with van der Waals surface area (Å²) in [7, 11) is -4.23. The van der Waals surface area contributed by atoms with Crippen LogP contribution in [0.4, 0.5) is 0 Å². The largest absolute Gasteiger partial charge is 0.412 e. The molecule has 0 aliphatic heterocycles. The Morgan fingerprint density at radius 3 is 1.58 bits per heavy atom. The fraction of sp³-hybridized carbons (Fsp3) is 1.00. The van der Waals surface area contributed by atoms with E-state index in [1.165, 1.54) is 44.9 Å². The second-order valence-electron chi connectivity index (χ2n) is 4.43. The van der Waals surface area contributed by atoms with Gasteiger partial charge in [-0.3, -0.25) is 4.55 Å². The summed E-state index contributed by atoms with van der Waals surface area (Å²) in [5.74, 6) is 0. The first-order chi connectivity index (χ1) is 8.06. The predicted molar refractivity (Wildman–Crippen MR) is 73.0 cm³/mol. The molecule has 0 bridgehead atoms. The molecule has 0 unspecified atom stereocenters. The molecule has 0 rings (SSSR count). The van der Waals surface area contributed by atoms with Crippen LogP contribution in [-0.2, 0) is 34.1 Å². The van der Waals surface area contributed by atoms with Gasteiger partial charge in [-0.25, -0.2) is 4.18 Å². The smallest absolute Gasteiger partial charge is 0.397 e. The first kappa shape index (κ1) is 24.5. The molecule has 0 heterocycles. The molecule has 5 nitrogen and oxygen atoms in total. The van der Waals surface area contributed by atoms with Gasteiger partial charge in [-0.1, -0.05) is 64.7 Å². The Bertz CT molecular complexity index is 257. The minimum Gasteiger partial charge on any atom is -0.412 e. The molecule has 0 radical (unpaired) electrons. The monoisotopic (exact) mass is 348 g/mol. The normalized spacial score (nSPS) is 10.6. The van der Waals surface area contributed by atoms with Crippen molar-refractivity contribution in [3.8, 4) is 0 Å². The first-order valence-corrected chi connectivity index (χ1v) is 8.04. The van der Waals surface area contributed by atoms with E-state index < -0.39 is 10.4 Å². The van der Waals surface area contributed by atoms with Gasteiger partial charge in [0.1, 0.15) is 0 Å². The molecule has 0 spiro atoms. The molecule has 0 aromatic rings. The molecule has 0 aliphatic carbocycles. The van der Waals surface area contributed by atoms with Crippen LogP contribution in [0, 0.1) is 0 Å². The number of hydrogen-bond donors (Lipinski definition) is 1. The standard InChI is InChI=1S/C12H26O4S.H2O.Zn/c1-2-3-4-5-6-7-8-9-10-11-12-16-17(13,14)15;;/h2-12H2,1H3,(H,13,14,15);1H2;. The Morgan fingerprint density at radius 2 is 1.21 bits per heavy atom. The van der Waals surface area contributed by atoms with Gasteiger partial charge in [0.05, 0.1) is 6.61 Å². The Balaban J connectivity index is -0.00000128. The van der Waals surface area contributed by atoms with Gasteiger partial charge in [0.2, 0.25) is 0 Å². The van der Waals surface area contributed by atoms with E-state index >= 15 is 0 Å². The molecule has 114 valence electrons. The topological polar surface area (TPSA) is 95.1 Å². The molecule has 0 aromatic heterocycles. The second kappa shape index (κ2) is 16.5. The van der Waals surface area contributed by atoms with E-state index in [0.717, 1.165) is 12.8 Å². The molecule has 7 heteroatoms. The summed E-state index contributed by atoms with van der Waals surface area (Å²) in [4.78, 5) is 0. The summed E-state index contributed by atoms with van der Waals surface area (Å²) in [6.07, 6.45) is 11.9. The van der Waals surface area contributed by atoms with Gasteiger partial charge in [0, 0.05) is 19.5 Å². The molecule has 19 heavy (non-hydrogen) atoms. The molecule has 0 fully saturated rings. The van der Waals surface area contributed by atoms with Crippen molar-refractivity contribution in [2.24, 2.45) is 0 Å². The Morgan fingerprint density at radius 1 is 0.842 bits per heavy atom. The molecular formula is C12H28O5SZn. The van der Waals surface area contributed by atoms with Crippen molar-refractivity contribution in [3.63, 3.8) is 0 Å². The molecule has 0 aromatic carbocycles. The Kier molecular flexibility index (Phi) is 21.3. The van der Waals surface area contributed by atoms with Gasteiger partial charge >= 0.3 is 10.4 Å². The average molecular weight is 350 g/mol. The predicted octanol–water partition coefficient (Wildman–Crippen LogP) is 2.90. The van der Waals surface area contributed by atoms with Crippen molar-refractivity contribution in [1.82, 2.24) is 0 Å². The average Bonchev–Trinajstić information content (AvgIpc) is 2.24. The zero-order valence-corrected chi connectivity index (χ0v) is 15.8. The zero-order chi connectivity index (χ0) is 13.0. The van der Waals surface area contributed by atoms with Crippen molar-refractivity contribution in [1.29, 1.82) is 0 Å².